The molecule has 25 heavy (non-hydrogen) atoms. The molecule has 6 heteroatoms. The van der Waals surface area contributed by atoms with Gasteiger partial charge in [0, 0.05) is 10.5 Å². The molecule has 130 valence electrons. The van der Waals surface area contributed by atoms with Gasteiger partial charge in [-0.15, -0.1) is 0 Å². The predicted octanol–water partition coefficient (Wildman–Crippen LogP) is 3.25. The van der Waals surface area contributed by atoms with E-state index in [-0.39, 0.29) is 6.61 Å². The molecule has 0 bridgehead atoms. The summed E-state index contributed by atoms with van der Waals surface area (Å²) >= 11 is 3.34. The normalized spacial score (nSPS) is 10.5. The number of aryl methyl sites for hydroxylation is 1. The highest BCUT2D eigenvalue weighted by Crippen LogP contribution is 2.12. The minimum absolute atomic E-state index is 0.178. The summed E-state index contributed by atoms with van der Waals surface area (Å²) in [5, 5.41) is 0. The van der Waals surface area contributed by atoms with Crippen LogP contribution in [0.1, 0.15) is 18.1 Å². The molecule has 0 aromatic heterocycles. The Bertz CT molecular complexity index is 740. The summed E-state index contributed by atoms with van der Waals surface area (Å²) in [4.78, 5) is 23.3. The fourth-order valence-corrected chi connectivity index (χ4v) is 2.19. The zero-order chi connectivity index (χ0) is 18.1. The fraction of sp³-hybridized carbons (Fsp3) is 0.158. The van der Waals surface area contributed by atoms with Crippen molar-refractivity contribution in [3.05, 3.63) is 70.2 Å². The van der Waals surface area contributed by atoms with Gasteiger partial charge in [-0.3, -0.25) is 20.4 Å². The second-order valence-corrected chi connectivity index (χ2v) is 6.12. The van der Waals surface area contributed by atoms with Gasteiger partial charge in [0.25, 0.3) is 11.8 Å². The molecule has 0 saturated heterocycles. The van der Waals surface area contributed by atoms with E-state index in [0.717, 1.165) is 16.5 Å². The van der Waals surface area contributed by atoms with Gasteiger partial charge >= 0.3 is 0 Å². The smallest absolute Gasteiger partial charge is 0.276 e. The third kappa shape index (κ3) is 6.81. The molecule has 5 nitrogen and oxygen atoms in total. The summed E-state index contributed by atoms with van der Waals surface area (Å²) in [6.07, 6.45) is 3.94. The number of carbonyl (C=O) groups is 2. The van der Waals surface area contributed by atoms with Crippen LogP contribution in [0.4, 0.5) is 0 Å². The van der Waals surface area contributed by atoms with Crippen LogP contribution in [0.2, 0.25) is 0 Å². The van der Waals surface area contributed by atoms with Gasteiger partial charge in [0.15, 0.2) is 6.61 Å². The summed E-state index contributed by atoms with van der Waals surface area (Å²) < 4.78 is 6.32. The van der Waals surface area contributed by atoms with Crippen LogP contribution in [-0.4, -0.2) is 18.4 Å². The van der Waals surface area contributed by atoms with Gasteiger partial charge in [0.2, 0.25) is 0 Å². The molecule has 0 heterocycles. The van der Waals surface area contributed by atoms with Crippen molar-refractivity contribution in [2.24, 2.45) is 0 Å². The van der Waals surface area contributed by atoms with Crippen LogP contribution in [0, 0.1) is 0 Å². The molecule has 2 amide bonds. The number of nitrogens with one attached hydrogen (secondary N) is 2. The minimum atomic E-state index is -0.440. The summed E-state index contributed by atoms with van der Waals surface area (Å²) in [7, 11) is 0. The quantitative estimate of drug-likeness (QED) is 0.575. The zero-order valence-corrected chi connectivity index (χ0v) is 15.4. The van der Waals surface area contributed by atoms with Crippen LogP contribution in [0.25, 0.3) is 6.08 Å². The molecule has 0 radical (unpaired) electrons. The van der Waals surface area contributed by atoms with Gasteiger partial charge in [0.1, 0.15) is 5.75 Å². The van der Waals surface area contributed by atoms with E-state index in [9.17, 15) is 9.59 Å². The molecule has 2 aromatic carbocycles. The van der Waals surface area contributed by atoms with Crippen molar-refractivity contribution in [3.63, 3.8) is 0 Å². The average Bonchev–Trinajstić information content (AvgIpc) is 2.64. The van der Waals surface area contributed by atoms with Crippen molar-refractivity contribution in [3.8, 4) is 5.75 Å². The molecule has 0 aliphatic carbocycles. The number of hydrazine groups is 1. The van der Waals surface area contributed by atoms with E-state index in [2.05, 4.69) is 33.7 Å². The van der Waals surface area contributed by atoms with E-state index >= 15 is 0 Å². The lowest BCUT2D eigenvalue weighted by Gasteiger charge is -2.08. The number of carbonyl (C=O) groups excluding carboxylic acids is 2. The monoisotopic (exact) mass is 402 g/mol. The van der Waals surface area contributed by atoms with E-state index in [1.807, 2.05) is 48.5 Å². The average molecular weight is 403 g/mol. The van der Waals surface area contributed by atoms with E-state index in [1.54, 1.807) is 6.08 Å². The molecular weight excluding hydrogens is 384 g/mol. The Kier molecular flexibility index (Phi) is 7.22. The molecule has 0 atom stereocenters. The molecule has 0 spiro atoms. The van der Waals surface area contributed by atoms with Crippen LogP contribution in [0.15, 0.2) is 59.1 Å². The number of rotatable bonds is 6. The molecule has 0 fully saturated rings. The van der Waals surface area contributed by atoms with Crippen LogP contribution in [0.3, 0.4) is 0 Å². The van der Waals surface area contributed by atoms with Crippen LogP contribution < -0.4 is 15.6 Å². The Hall–Kier alpha value is -2.60. The Balaban J connectivity index is 1.71. The maximum absolute atomic E-state index is 11.7. The molecule has 0 aliphatic rings. The second-order valence-electron chi connectivity index (χ2n) is 5.21. The molecule has 0 saturated carbocycles. The van der Waals surface area contributed by atoms with E-state index in [4.69, 9.17) is 4.74 Å². The van der Waals surface area contributed by atoms with Crippen molar-refractivity contribution in [1.82, 2.24) is 10.9 Å². The van der Waals surface area contributed by atoms with Crippen molar-refractivity contribution < 1.29 is 14.3 Å². The maximum Gasteiger partial charge on any atom is 0.276 e. The summed E-state index contributed by atoms with van der Waals surface area (Å²) in [6.45, 7) is 1.89. The number of hydrogen-bond donors (Lipinski definition) is 2. The summed E-state index contributed by atoms with van der Waals surface area (Å²) in [5.41, 5.74) is 6.68. The number of benzene rings is 2. The van der Waals surface area contributed by atoms with E-state index in [0.29, 0.717) is 5.75 Å². The molecule has 2 aromatic rings. The first-order valence-corrected chi connectivity index (χ1v) is 8.60. The van der Waals surface area contributed by atoms with Gasteiger partial charge < -0.3 is 4.74 Å². The third-order valence-electron chi connectivity index (χ3n) is 3.32. The highest BCUT2D eigenvalue weighted by atomic mass is 79.9. The predicted molar refractivity (Wildman–Crippen MR) is 101 cm³/mol. The Morgan fingerprint density at radius 1 is 1.04 bits per heavy atom. The van der Waals surface area contributed by atoms with Crippen molar-refractivity contribution in [2.75, 3.05) is 6.61 Å². The van der Waals surface area contributed by atoms with Crippen molar-refractivity contribution in [2.45, 2.75) is 13.3 Å². The molecular formula is C19H19BrN2O3. The van der Waals surface area contributed by atoms with Crippen molar-refractivity contribution >= 4 is 33.8 Å². The largest absolute Gasteiger partial charge is 0.484 e. The van der Waals surface area contributed by atoms with Crippen LogP contribution in [-0.2, 0) is 16.0 Å². The zero-order valence-electron chi connectivity index (χ0n) is 13.8. The fourth-order valence-electron chi connectivity index (χ4n) is 1.93. The van der Waals surface area contributed by atoms with E-state index in [1.165, 1.54) is 11.6 Å². The molecule has 2 rings (SSSR count). The lowest BCUT2D eigenvalue weighted by atomic mass is 10.2. The number of amides is 2. The number of ether oxygens (including phenoxy) is 1. The van der Waals surface area contributed by atoms with Crippen molar-refractivity contribution in [1.29, 1.82) is 0 Å². The Morgan fingerprint density at radius 2 is 1.72 bits per heavy atom. The van der Waals surface area contributed by atoms with Crippen LogP contribution in [0.5, 0.6) is 5.75 Å². The van der Waals surface area contributed by atoms with Gasteiger partial charge in [-0.05, 0) is 47.9 Å². The highest BCUT2D eigenvalue weighted by molar-refractivity contribution is 9.10. The standard InChI is InChI=1S/C19H19BrN2O3/c1-2-14-5-10-17(11-6-14)25-13-19(24)22-21-18(23)12-7-15-3-8-16(20)9-4-15/h3-12H,2,13H2,1H3,(H,21,23)(H,22,24)/b12-7+. The number of halogens is 1. The second kappa shape index (κ2) is 9.64. The lowest BCUT2D eigenvalue weighted by molar-refractivity contribution is -0.128. The molecule has 2 N–H and O–H groups in total. The SMILES string of the molecule is CCc1ccc(OCC(=O)NNC(=O)/C=C/c2ccc(Br)cc2)cc1. The summed E-state index contributed by atoms with van der Waals surface area (Å²) in [6, 6.07) is 15.0. The first-order chi connectivity index (χ1) is 12.1. The highest BCUT2D eigenvalue weighted by Gasteiger charge is 2.04. The first kappa shape index (κ1) is 18.7. The van der Waals surface area contributed by atoms with Crippen LogP contribution >= 0.6 is 15.9 Å². The summed E-state index contributed by atoms with van der Waals surface area (Å²) in [5.74, 6) is -0.262. The molecule has 0 unspecified atom stereocenters. The Labute approximate surface area is 155 Å². The Morgan fingerprint density at radius 3 is 2.36 bits per heavy atom. The topological polar surface area (TPSA) is 67.4 Å². The molecule has 0 aliphatic heterocycles. The first-order valence-electron chi connectivity index (χ1n) is 7.81. The third-order valence-corrected chi connectivity index (χ3v) is 3.85. The number of hydrogen-bond acceptors (Lipinski definition) is 3. The van der Waals surface area contributed by atoms with Gasteiger partial charge in [-0.25, -0.2) is 0 Å². The maximum atomic E-state index is 11.7. The minimum Gasteiger partial charge on any atom is -0.484 e. The lowest BCUT2D eigenvalue weighted by Crippen LogP contribution is -2.43. The van der Waals surface area contributed by atoms with Gasteiger partial charge in [-0.1, -0.05) is 47.1 Å². The van der Waals surface area contributed by atoms with Gasteiger partial charge in [-0.2, -0.15) is 0 Å². The van der Waals surface area contributed by atoms with Gasteiger partial charge in [0.05, 0.1) is 0 Å². The van der Waals surface area contributed by atoms with E-state index < -0.39 is 11.8 Å².